The SMILES string of the molecule is COc1ccc(NC(=S)NNS(=O)(=O)c2cccc([N+](=O)[O-])c2)cc1. The van der Waals surface area contributed by atoms with Gasteiger partial charge in [0, 0.05) is 17.8 Å². The molecule has 25 heavy (non-hydrogen) atoms. The standard InChI is InChI=1S/C14H14N4O5S2/c1-23-12-7-5-10(6-8-12)15-14(24)16-17-25(21,22)13-4-2-3-11(9-13)18(19)20/h2-9,17H,1H3,(H2,15,16,24). The van der Waals surface area contributed by atoms with Crippen LogP contribution in [-0.2, 0) is 10.0 Å². The molecule has 0 atom stereocenters. The van der Waals surface area contributed by atoms with E-state index >= 15 is 0 Å². The number of sulfonamides is 1. The maximum absolute atomic E-state index is 12.1. The third-order valence-corrected chi connectivity index (χ3v) is 4.44. The summed E-state index contributed by atoms with van der Waals surface area (Å²) in [4.78, 5) is 11.8. The average molecular weight is 382 g/mol. The van der Waals surface area contributed by atoms with Gasteiger partial charge in [0.2, 0.25) is 0 Å². The van der Waals surface area contributed by atoms with Crippen molar-refractivity contribution >= 4 is 38.7 Å². The van der Waals surface area contributed by atoms with Crippen molar-refractivity contribution in [3.8, 4) is 5.75 Å². The van der Waals surface area contributed by atoms with E-state index in [0.717, 1.165) is 6.07 Å². The first-order chi connectivity index (χ1) is 11.8. The highest BCUT2D eigenvalue weighted by molar-refractivity contribution is 7.89. The van der Waals surface area contributed by atoms with E-state index in [1.807, 2.05) is 0 Å². The Morgan fingerprint density at radius 1 is 1.20 bits per heavy atom. The van der Waals surface area contributed by atoms with E-state index in [1.54, 1.807) is 24.3 Å². The number of rotatable bonds is 6. The number of nitro groups is 1. The third kappa shape index (κ3) is 5.11. The highest BCUT2D eigenvalue weighted by Gasteiger charge is 2.17. The monoisotopic (exact) mass is 382 g/mol. The first-order valence-corrected chi connectivity index (χ1v) is 8.68. The predicted molar refractivity (Wildman–Crippen MR) is 95.8 cm³/mol. The Balaban J connectivity index is 2.00. The molecule has 9 nitrogen and oxygen atoms in total. The van der Waals surface area contributed by atoms with Gasteiger partial charge in [-0.1, -0.05) is 6.07 Å². The van der Waals surface area contributed by atoms with Crippen LogP contribution in [0.5, 0.6) is 5.75 Å². The van der Waals surface area contributed by atoms with Crippen LogP contribution in [0, 0.1) is 10.1 Å². The van der Waals surface area contributed by atoms with Crippen molar-refractivity contribution in [1.29, 1.82) is 0 Å². The summed E-state index contributed by atoms with van der Waals surface area (Å²) in [6.07, 6.45) is 0. The minimum absolute atomic E-state index is 0.000766. The molecule has 0 aromatic heterocycles. The van der Waals surface area contributed by atoms with Gasteiger partial charge >= 0.3 is 0 Å². The molecule has 0 aliphatic heterocycles. The molecular formula is C14H14N4O5S2. The van der Waals surface area contributed by atoms with E-state index in [0.29, 0.717) is 11.4 Å². The van der Waals surface area contributed by atoms with Crippen LogP contribution >= 0.6 is 12.2 Å². The number of non-ortho nitro benzene ring substituents is 1. The van der Waals surface area contributed by atoms with Crippen LogP contribution < -0.4 is 20.3 Å². The van der Waals surface area contributed by atoms with Crippen LogP contribution in [0.25, 0.3) is 0 Å². The Morgan fingerprint density at radius 3 is 2.48 bits per heavy atom. The maximum atomic E-state index is 12.1. The van der Waals surface area contributed by atoms with Crippen molar-refractivity contribution < 1.29 is 18.1 Å². The molecule has 2 aromatic carbocycles. The number of ether oxygens (including phenoxy) is 1. The van der Waals surface area contributed by atoms with Crippen LogP contribution in [0.4, 0.5) is 11.4 Å². The minimum atomic E-state index is -4.03. The summed E-state index contributed by atoms with van der Waals surface area (Å²) in [6, 6.07) is 11.5. The topological polar surface area (TPSA) is 123 Å². The number of methoxy groups -OCH3 is 1. The summed E-state index contributed by atoms with van der Waals surface area (Å²) in [5.41, 5.74) is 2.62. The van der Waals surface area contributed by atoms with Crippen molar-refractivity contribution in [2.24, 2.45) is 0 Å². The van der Waals surface area contributed by atoms with E-state index < -0.39 is 14.9 Å². The summed E-state index contributed by atoms with van der Waals surface area (Å²) >= 11 is 4.99. The Bertz CT molecular complexity index is 884. The summed E-state index contributed by atoms with van der Waals surface area (Å²) < 4.78 is 29.3. The fourth-order valence-electron chi connectivity index (χ4n) is 1.77. The first-order valence-electron chi connectivity index (χ1n) is 6.79. The lowest BCUT2D eigenvalue weighted by atomic mass is 10.3. The lowest BCUT2D eigenvalue weighted by Gasteiger charge is -2.12. The Kier molecular flexibility index (Phi) is 5.85. The normalized spacial score (nSPS) is 10.8. The van der Waals surface area contributed by atoms with Gasteiger partial charge in [0.1, 0.15) is 5.75 Å². The van der Waals surface area contributed by atoms with Gasteiger partial charge in [-0.2, -0.15) is 0 Å². The van der Waals surface area contributed by atoms with Crippen molar-refractivity contribution in [3.63, 3.8) is 0 Å². The number of hydrogen-bond donors (Lipinski definition) is 3. The second kappa shape index (κ2) is 7.88. The molecule has 0 radical (unpaired) electrons. The Labute approximate surface area is 149 Å². The van der Waals surface area contributed by atoms with E-state index in [9.17, 15) is 18.5 Å². The quantitative estimate of drug-likeness (QED) is 0.393. The van der Waals surface area contributed by atoms with Gasteiger partial charge in [-0.25, -0.2) is 8.42 Å². The molecule has 0 aliphatic carbocycles. The molecule has 132 valence electrons. The van der Waals surface area contributed by atoms with Crippen LogP contribution in [0.3, 0.4) is 0 Å². The second-order valence-corrected chi connectivity index (χ2v) is 6.76. The molecule has 0 fully saturated rings. The molecular weight excluding hydrogens is 368 g/mol. The summed E-state index contributed by atoms with van der Waals surface area (Å²) in [5, 5.41) is 13.5. The predicted octanol–water partition coefficient (Wildman–Crippen LogP) is 1.78. The van der Waals surface area contributed by atoms with Crippen LogP contribution in [-0.4, -0.2) is 25.6 Å². The van der Waals surface area contributed by atoms with Crippen LogP contribution in [0.2, 0.25) is 0 Å². The first kappa shape index (κ1) is 18.6. The number of hydrogen-bond acceptors (Lipinski definition) is 6. The molecule has 0 spiro atoms. The fraction of sp³-hybridized carbons (Fsp3) is 0.0714. The minimum Gasteiger partial charge on any atom is -0.497 e. The van der Waals surface area contributed by atoms with Crippen LogP contribution in [0.1, 0.15) is 0 Å². The van der Waals surface area contributed by atoms with Gasteiger partial charge in [-0.15, -0.1) is 4.83 Å². The second-order valence-electron chi connectivity index (χ2n) is 4.67. The molecule has 0 bridgehead atoms. The Hall–Kier alpha value is -2.76. The van der Waals surface area contributed by atoms with Crippen molar-refractivity contribution in [3.05, 3.63) is 58.6 Å². The van der Waals surface area contributed by atoms with Gasteiger partial charge in [-0.05, 0) is 42.5 Å². The zero-order valence-electron chi connectivity index (χ0n) is 12.9. The number of anilines is 1. The van der Waals surface area contributed by atoms with Crippen molar-refractivity contribution in [2.75, 3.05) is 12.4 Å². The smallest absolute Gasteiger partial charge is 0.270 e. The highest BCUT2D eigenvalue weighted by Crippen LogP contribution is 2.17. The molecule has 0 heterocycles. The van der Waals surface area contributed by atoms with Crippen molar-refractivity contribution in [2.45, 2.75) is 4.90 Å². The number of thiocarbonyl (C=S) groups is 1. The zero-order chi connectivity index (χ0) is 18.4. The number of hydrazine groups is 1. The van der Waals surface area contributed by atoms with Crippen LogP contribution in [0.15, 0.2) is 53.4 Å². The van der Waals surface area contributed by atoms with Gasteiger partial charge in [-0.3, -0.25) is 15.5 Å². The Morgan fingerprint density at radius 2 is 1.88 bits per heavy atom. The third-order valence-electron chi connectivity index (χ3n) is 2.99. The largest absolute Gasteiger partial charge is 0.497 e. The summed E-state index contributed by atoms with van der Waals surface area (Å²) in [6.45, 7) is 0. The van der Waals surface area contributed by atoms with E-state index in [-0.39, 0.29) is 15.7 Å². The van der Waals surface area contributed by atoms with Gasteiger partial charge in [0.15, 0.2) is 5.11 Å². The molecule has 0 saturated heterocycles. The fourth-order valence-corrected chi connectivity index (χ4v) is 2.89. The molecule has 0 aliphatic rings. The molecule has 2 aromatic rings. The maximum Gasteiger partial charge on any atom is 0.270 e. The molecule has 0 saturated carbocycles. The van der Waals surface area contributed by atoms with Gasteiger partial charge in [0.25, 0.3) is 15.7 Å². The number of benzene rings is 2. The number of nitrogens with one attached hydrogen (secondary N) is 3. The summed E-state index contributed by atoms with van der Waals surface area (Å²) in [5.74, 6) is 0.663. The molecule has 2 rings (SSSR count). The van der Waals surface area contributed by atoms with Crippen molar-refractivity contribution in [1.82, 2.24) is 10.3 Å². The lowest BCUT2D eigenvalue weighted by Crippen LogP contribution is -2.43. The molecule has 11 heteroatoms. The number of nitrogens with zero attached hydrogens (tertiary/aromatic N) is 1. The number of nitro benzene ring substituents is 1. The lowest BCUT2D eigenvalue weighted by molar-refractivity contribution is -0.385. The highest BCUT2D eigenvalue weighted by atomic mass is 32.2. The molecule has 0 unspecified atom stereocenters. The van der Waals surface area contributed by atoms with Gasteiger partial charge in [0.05, 0.1) is 16.9 Å². The molecule has 3 N–H and O–H groups in total. The summed E-state index contributed by atoms with van der Waals surface area (Å²) in [7, 11) is -2.49. The van der Waals surface area contributed by atoms with E-state index in [4.69, 9.17) is 17.0 Å². The average Bonchev–Trinajstić information content (AvgIpc) is 2.61. The van der Waals surface area contributed by atoms with Gasteiger partial charge < -0.3 is 10.1 Å². The van der Waals surface area contributed by atoms with E-state index in [2.05, 4.69) is 15.6 Å². The van der Waals surface area contributed by atoms with E-state index in [1.165, 1.54) is 25.3 Å². The zero-order valence-corrected chi connectivity index (χ0v) is 14.6. The molecule has 0 amide bonds.